The average molecular weight is 266 g/mol. The minimum atomic E-state index is 0.0133. The third-order valence-corrected chi connectivity index (χ3v) is 3.81. The van der Waals surface area contributed by atoms with Gasteiger partial charge in [-0.25, -0.2) is 0 Å². The minimum absolute atomic E-state index is 0.0133. The van der Waals surface area contributed by atoms with Gasteiger partial charge in [0.05, 0.1) is 11.7 Å². The van der Waals surface area contributed by atoms with Crippen LogP contribution in [0.1, 0.15) is 34.7 Å². The highest BCUT2D eigenvalue weighted by Gasteiger charge is 2.32. The van der Waals surface area contributed by atoms with E-state index in [4.69, 9.17) is 14.9 Å². The highest BCUT2D eigenvalue weighted by Crippen LogP contribution is 2.23. The van der Waals surface area contributed by atoms with Crippen LogP contribution in [-0.4, -0.2) is 43.2 Å². The molecule has 0 saturated carbocycles. The standard InChI is InChI=1S/C14H22N2O3/c1-9-6-13(10(2)19-9)14(17)16-5-4-12(18-3)7-11(16)8-15/h6,11-12H,4-5,7-8,15H2,1-3H3. The zero-order valence-electron chi connectivity index (χ0n) is 11.8. The van der Waals surface area contributed by atoms with Gasteiger partial charge in [-0.1, -0.05) is 0 Å². The second-order valence-corrected chi connectivity index (χ2v) is 5.10. The molecule has 1 fully saturated rings. The lowest BCUT2D eigenvalue weighted by atomic mass is 9.98. The van der Waals surface area contributed by atoms with Gasteiger partial charge in [0.25, 0.3) is 5.91 Å². The molecule has 1 aliphatic rings. The summed E-state index contributed by atoms with van der Waals surface area (Å²) in [7, 11) is 1.71. The minimum Gasteiger partial charge on any atom is -0.466 e. The number of carbonyl (C=O) groups is 1. The van der Waals surface area contributed by atoms with Crippen LogP contribution in [0.2, 0.25) is 0 Å². The molecule has 2 atom stereocenters. The maximum absolute atomic E-state index is 12.6. The molecular weight excluding hydrogens is 244 g/mol. The molecule has 5 nitrogen and oxygen atoms in total. The summed E-state index contributed by atoms with van der Waals surface area (Å²) in [5.41, 5.74) is 6.44. The number of nitrogens with two attached hydrogens (primary N) is 1. The Morgan fingerprint density at radius 1 is 1.58 bits per heavy atom. The predicted molar refractivity (Wildman–Crippen MR) is 72.1 cm³/mol. The number of hydrogen-bond acceptors (Lipinski definition) is 4. The Labute approximate surface area is 113 Å². The van der Waals surface area contributed by atoms with Crippen molar-refractivity contribution in [3.05, 3.63) is 23.2 Å². The Balaban J connectivity index is 2.16. The van der Waals surface area contributed by atoms with Crippen LogP contribution in [0.4, 0.5) is 0 Å². The molecule has 0 bridgehead atoms. The second-order valence-electron chi connectivity index (χ2n) is 5.10. The molecule has 0 radical (unpaired) electrons. The third kappa shape index (κ3) is 2.82. The number of methoxy groups -OCH3 is 1. The molecule has 1 aliphatic heterocycles. The van der Waals surface area contributed by atoms with E-state index in [9.17, 15) is 4.79 Å². The van der Waals surface area contributed by atoms with Gasteiger partial charge in [-0.05, 0) is 32.8 Å². The highest BCUT2D eigenvalue weighted by atomic mass is 16.5. The number of amides is 1. The quantitative estimate of drug-likeness (QED) is 0.899. The van der Waals surface area contributed by atoms with E-state index in [1.165, 1.54) is 0 Å². The molecule has 1 aromatic rings. The maximum atomic E-state index is 12.6. The zero-order chi connectivity index (χ0) is 14.0. The molecule has 0 aliphatic carbocycles. The van der Waals surface area contributed by atoms with E-state index in [1.807, 2.05) is 18.7 Å². The van der Waals surface area contributed by atoms with Crippen LogP contribution < -0.4 is 5.73 Å². The summed E-state index contributed by atoms with van der Waals surface area (Å²) < 4.78 is 10.8. The van der Waals surface area contributed by atoms with Crippen LogP contribution in [0.15, 0.2) is 10.5 Å². The van der Waals surface area contributed by atoms with Crippen molar-refractivity contribution >= 4 is 5.91 Å². The van der Waals surface area contributed by atoms with Gasteiger partial charge in [0.15, 0.2) is 0 Å². The first kappa shape index (κ1) is 14.1. The third-order valence-electron chi connectivity index (χ3n) is 3.81. The van der Waals surface area contributed by atoms with Crippen molar-refractivity contribution < 1.29 is 13.9 Å². The number of aryl methyl sites for hydroxylation is 2. The summed E-state index contributed by atoms with van der Waals surface area (Å²) in [4.78, 5) is 14.4. The lowest BCUT2D eigenvalue weighted by Crippen LogP contribution is -2.51. The van der Waals surface area contributed by atoms with E-state index in [1.54, 1.807) is 13.2 Å². The van der Waals surface area contributed by atoms with Crippen LogP contribution >= 0.6 is 0 Å². The van der Waals surface area contributed by atoms with Crippen molar-refractivity contribution in [3.63, 3.8) is 0 Å². The summed E-state index contributed by atoms with van der Waals surface area (Å²) in [5.74, 6) is 1.45. The molecule has 2 unspecified atom stereocenters. The number of rotatable bonds is 3. The fourth-order valence-electron chi connectivity index (χ4n) is 2.72. The Hall–Kier alpha value is -1.33. The summed E-state index contributed by atoms with van der Waals surface area (Å²) in [6.45, 7) is 4.81. The fraction of sp³-hybridized carbons (Fsp3) is 0.643. The normalized spacial score (nSPS) is 23.7. The molecule has 106 valence electrons. The van der Waals surface area contributed by atoms with Gasteiger partial charge in [-0.15, -0.1) is 0 Å². The summed E-state index contributed by atoms with van der Waals surface area (Å²) >= 11 is 0. The van der Waals surface area contributed by atoms with Crippen molar-refractivity contribution in [2.75, 3.05) is 20.2 Å². The van der Waals surface area contributed by atoms with Crippen molar-refractivity contribution in [3.8, 4) is 0 Å². The van der Waals surface area contributed by atoms with E-state index < -0.39 is 0 Å². The molecule has 19 heavy (non-hydrogen) atoms. The average Bonchev–Trinajstić information content (AvgIpc) is 2.76. The topological polar surface area (TPSA) is 68.7 Å². The predicted octanol–water partition coefficient (Wildman–Crippen LogP) is 1.47. The lowest BCUT2D eigenvalue weighted by Gasteiger charge is -2.38. The zero-order valence-corrected chi connectivity index (χ0v) is 11.8. The molecule has 1 saturated heterocycles. The van der Waals surface area contributed by atoms with Gasteiger partial charge < -0.3 is 19.8 Å². The Bertz CT molecular complexity index is 456. The Morgan fingerprint density at radius 2 is 2.32 bits per heavy atom. The number of carbonyl (C=O) groups excluding carboxylic acids is 1. The van der Waals surface area contributed by atoms with E-state index in [-0.39, 0.29) is 18.1 Å². The smallest absolute Gasteiger partial charge is 0.257 e. The van der Waals surface area contributed by atoms with Crippen LogP contribution in [0.3, 0.4) is 0 Å². The molecule has 1 amide bonds. The highest BCUT2D eigenvalue weighted by molar-refractivity contribution is 5.95. The van der Waals surface area contributed by atoms with Gasteiger partial charge >= 0.3 is 0 Å². The van der Waals surface area contributed by atoms with Gasteiger partial charge in [-0.2, -0.15) is 0 Å². The van der Waals surface area contributed by atoms with Crippen LogP contribution in [-0.2, 0) is 4.74 Å². The van der Waals surface area contributed by atoms with E-state index in [0.29, 0.717) is 24.4 Å². The molecule has 0 aromatic carbocycles. The van der Waals surface area contributed by atoms with Crippen molar-refractivity contribution in [1.29, 1.82) is 0 Å². The van der Waals surface area contributed by atoms with Crippen molar-refractivity contribution in [2.24, 2.45) is 5.73 Å². The monoisotopic (exact) mass is 266 g/mol. The number of ether oxygens (including phenoxy) is 1. The molecule has 1 aromatic heterocycles. The largest absolute Gasteiger partial charge is 0.466 e. The number of hydrogen-bond donors (Lipinski definition) is 1. The Kier molecular flexibility index (Phi) is 4.27. The second kappa shape index (κ2) is 5.75. The number of nitrogens with zero attached hydrogens (tertiary/aromatic N) is 1. The fourth-order valence-corrected chi connectivity index (χ4v) is 2.72. The molecule has 5 heteroatoms. The molecule has 2 N–H and O–H groups in total. The number of piperidine rings is 1. The van der Waals surface area contributed by atoms with Crippen molar-refractivity contribution in [1.82, 2.24) is 4.90 Å². The van der Waals surface area contributed by atoms with Crippen molar-refractivity contribution in [2.45, 2.75) is 38.8 Å². The first-order valence-electron chi connectivity index (χ1n) is 6.67. The van der Waals surface area contributed by atoms with Gasteiger partial charge in [0.2, 0.25) is 0 Å². The van der Waals surface area contributed by atoms with Gasteiger partial charge in [0, 0.05) is 26.2 Å². The van der Waals surface area contributed by atoms with Gasteiger partial charge in [0.1, 0.15) is 11.5 Å². The first-order valence-corrected chi connectivity index (χ1v) is 6.67. The SMILES string of the molecule is COC1CCN(C(=O)c2cc(C)oc2C)C(CN)C1. The van der Waals surface area contributed by atoms with Crippen LogP contribution in [0.5, 0.6) is 0 Å². The summed E-state index contributed by atoms with van der Waals surface area (Å²) in [6.07, 6.45) is 1.85. The van der Waals surface area contributed by atoms with Crippen LogP contribution in [0.25, 0.3) is 0 Å². The summed E-state index contributed by atoms with van der Waals surface area (Å²) in [6, 6.07) is 1.84. The molecule has 2 heterocycles. The van der Waals surface area contributed by atoms with Crippen LogP contribution in [0, 0.1) is 13.8 Å². The number of likely N-dealkylation sites (tertiary alicyclic amines) is 1. The molecule has 2 rings (SSSR count). The summed E-state index contributed by atoms with van der Waals surface area (Å²) in [5, 5.41) is 0. The van der Waals surface area contributed by atoms with E-state index in [2.05, 4.69) is 0 Å². The lowest BCUT2D eigenvalue weighted by molar-refractivity contribution is 0.0138. The van der Waals surface area contributed by atoms with E-state index >= 15 is 0 Å². The number of furan rings is 1. The van der Waals surface area contributed by atoms with Gasteiger partial charge in [-0.3, -0.25) is 4.79 Å². The first-order chi connectivity index (χ1) is 9.06. The molecular formula is C14H22N2O3. The molecule has 0 spiro atoms. The Morgan fingerprint density at radius 3 is 2.84 bits per heavy atom. The maximum Gasteiger partial charge on any atom is 0.257 e. The van der Waals surface area contributed by atoms with E-state index in [0.717, 1.165) is 18.6 Å².